The molecule has 0 fully saturated rings. The molecule has 0 atom stereocenters. The molecule has 2 N–H and O–H groups in total. The number of hydrogen-bond donors (Lipinski definition) is 2. The van der Waals surface area contributed by atoms with E-state index in [1.54, 1.807) is 0 Å². The van der Waals surface area contributed by atoms with Crippen molar-refractivity contribution >= 4 is 17.6 Å². The van der Waals surface area contributed by atoms with Crippen molar-refractivity contribution in [3.8, 4) is 0 Å². The van der Waals surface area contributed by atoms with Crippen molar-refractivity contribution in [1.29, 1.82) is 0 Å². The standard InChI is InChI=1S/C11H10F2N2O5/c12-7-4-6(9(15(19)20)5-8(7)13)11(18)14-3-1-2-10(16)17/h4-5H,1-3H2,(H,14,18)(H,16,17). The van der Waals surface area contributed by atoms with Crippen LogP contribution >= 0.6 is 0 Å². The minimum absolute atomic E-state index is 0.0543. The summed E-state index contributed by atoms with van der Waals surface area (Å²) in [4.78, 5) is 31.5. The van der Waals surface area contributed by atoms with E-state index in [0.717, 1.165) is 0 Å². The van der Waals surface area contributed by atoms with Gasteiger partial charge in [0.15, 0.2) is 11.6 Å². The minimum atomic E-state index is -1.43. The molecule has 1 rings (SSSR count). The highest BCUT2D eigenvalue weighted by Crippen LogP contribution is 2.22. The van der Waals surface area contributed by atoms with Crippen LogP contribution in [-0.4, -0.2) is 28.5 Å². The zero-order valence-electron chi connectivity index (χ0n) is 10.1. The maximum atomic E-state index is 13.0. The van der Waals surface area contributed by atoms with Gasteiger partial charge in [-0.1, -0.05) is 0 Å². The number of carbonyl (C=O) groups is 2. The van der Waals surface area contributed by atoms with Crippen LogP contribution in [0.5, 0.6) is 0 Å². The van der Waals surface area contributed by atoms with Gasteiger partial charge in [0.2, 0.25) is 0 Å². The highest BCUT2D eigenvalue weighted by Gasteiger charge is 2.23. The lowest BCUT2D eigenvalue weighted by molar-refractivity contribution is -0.385. The third-order valence-corrected chi connectivity index (χ3v) is 2.33. The largest absolute Gasteiger partial charge is 0.481 e. The molecule has 0 saturated heterocycles. The number of nitrogens with zero attached hydrogens (tertiary/aromatic N) is 1. The Hall–Kier alpha value is -2.58. The van der Waals surface area contributed by atoms with Crippen LogP contribution in [0.15, 0.2) is 12.1 Å². The van der Waals surface area contributed by atoms with E-state index in [0.29, 0.717) is 12.1 Å². The quantitative estimate of drug-likeness (QED) is 0.468. The predicted molar refractivity (Wildman–Crippen MR) is 62.2 cm³/mol. The van der Waals surface area contributed by atoms with Gasteiger partial charge < -0.3 is 10.4 Å². The van der Waals surface area contributed by atoms with Gasteiger partial charge in [0.25, 0.3) is 11.6 Å². The Morgan fingerprint density at radius 3 is 2.45 bits per heavy atom. The first-order valence-electron chi connectivity index (χ1n) is 5.46. The van der Waals surface area contributed by atoms with Crippen molar-refractivity contribution in [2.75, 3.05) is 6.54 Å². The van der Waals surface area contributed by atoms with Crippen molar-refractivity contribution in [3.63, 3.8) is 0 Å². The number of carboxylic acids is 1. The van der Waals surface area contributed by atoms with Gasteiger partial charge in [-0.25, -0.2) is 8.78 Å². The fraction of sp³-hybridized carbons (Fsp3) is 0.273. The lowest BCUT2D eigenvalue weighted by atomic mass is 10.1. The minimum Gasteiger partial charge on any atom is -0.481 e. The highest BCUT2D eigenvalue weighted by molar-refractivity contribution is 5.98. The SMILES string of the molecule is O=C(O)CCCNC(=O)c1cc(F)c(F)cc1[N+](=O)[O-]. The topological polar surface area (TPSA) is 110 Å². The van der Waals surface area contributed by atoms with E-state index in [9.17, 15) is 28.5 Å². The van der Waals surface area contributed by atoms with Gasteiger partial charge in [-0.15, -0.1) is 0 Å². The number of carboxylic acid groups (broad SMARTS) is 1. The monoisotopic (exact) mass is 288 g/mol. The molecule has 0 spiro atoms. The van der Waals surface area contributed by atoms with Crippen LogP contribution in [-0.2, 0) is 4.79 Å². The number of aliphatic carboxylic acids is 1. The first-order valence-corrected chi connectivity index (χ1v) is 5.46. The number of nitro groups is 1. The van der Waals surface area contributed by atoms with Gasteiger partial charge in [0.05, 0.1) is 11.0 Å². The van der Waals surface area contributed by atoms with Crippen LogP contribution < -0.4 is 5.32 Å². The molecule has 7 nitrogen and oxygen atoms in total. The van der Waals surface area contributed by atoms with E-state index in [1.165, 1.54) is 0 Å². The summed E-state index contributed by atoms with van der Waals surface area (Å²) in [6, 6.07) is 0.751. The second-order valence-corrected chi connectivity index (χ2v) is 3.79. The number of nitrogens with one attached hydrogen (secondary N) is 1. The molecular weight excluding hydrogens is 278 g/mol. The van der Waals surface area contributed by atoms with E-state index in [-0.39, 0.29) is 19.4 Å². The van der Waals surface area contributed by atoms with Crippen molar-refractivity contribution < 1.29 is 28.4 Å². The van der Waals surface area contributed by atoms with Crippen molar-refractivity contribution in [1.82, 2.24) is 5.32 Å². The van der Waals surface area contributed by atoms with Gasteiger partial charge in [0.1, 0.15) is 5.56 Å². The second-order valence-electron chi connectivity index (χ2n) is 3.79. The zero-order chi connectivity index (χ0) is 15.3. The van der Waals surface area contributed by atoms with E-state index >= 15 is 0 Å². The van der Waals surface area contributed by atoms with Crippen LogP contribution in [0.25, 0.3) is 0 Å². The van der Waals surface area contributed by atoms with Crippen LogP contribution in [0.3, 0.4) is 0 Å². The summed E-state index contributed by atoms with van der Waals surface area (Å²) in [5.74, 6) is -4.84. The lowest BCUT2D eigenvalue weighted by Gasteiger charge is -2.05. The normalized spacial score (nSPS) is 10.1. The molecular formula is C11H10F2N2O5. The molecule has 1 aromatic rings. The lowest BCUT2D eigenvalue weighted by Crippen LogP contribution is -2.26. The molecule has 0 radical (unpaired) electrons. The third kappa shape index (κ3) is 3.97. The Morgan fingerprint density at radius 2 is 1.90 bits per heavy atom. The molecule has 20 heavy (non-hydrogen) atoms. The molecule has 0 aliphatic rings. The molecule has 1 amide bonds. The Labute approximate surface area is 111 Å². The van der Waals surface area contributed by atoms with Crippen molar-refractivity contribution in [3.05, 3.63) is 39.4 Å². The fourth-order valence-electron chi connectivity index (χ4n) is 1.41. The Bertz CT molecular complexity index is 562. The molecule has 0 unspecified atom stereocenters. The fourth-order valence-corrected chi connectivity index (χ4v) is 1.41. The predicted octanol–water partition coefficient (Wildman–Crippen LogP) is 1.47. The zero-order valence-corrected chi connectivity index (χ0v) is 10.1. The van der Waals surface area contributed by atoms with E-state index in [2.05, 4.69) is 5.32 Å². The number of halogens is 2. The summed E-state index contributed by atoms with van der Waals surface area (Å²) >= 11 is 0. The van der Waals surface area contributed by atoms with Crippen molar-refractivity contribution in [2.24, 2.45) is 0 Å². The molecule has 0 heterocycles. The van der Waals surface area contributed by atoms with Crippen LogP contribution in [0.4, 0.5) is 14.5 Å². The van der Waals surface area contributed by atoms with Gasteiger partial charge in [0, 0.05) is 13.0 Å². The molecule has 0 aliphatic carbocycles. The summed E-state index contributed by atoms with van der Waals surface area (Å²) in [7, 11) is 0. The summed E-state index contributed by atoms with van der Waals surface area (Å²) < 4.78 is 25.9. The number of nitro benzene ring substituents is 1. The summed E-state index contributed by atoms with van der Waals surface area (Å²) in [6.45, 7) is -0.0543. The Kier molecular flexibility index (Phi) is 5.07. The van der Waals surface area contributed by atoms with E-state index in [1.807, 2.05) is 0 Å². The molecule has 1 aromatic carbocycles. The highest BCUT2D eigenvalue weighted by atomic mass is 19.2. The first-order chi connectivity index (χ1) is 9.32. The number of carbonyl (C=O) groups excluding carboxylic acids is 1. The number of hydrogen-bond acceptors (Lipinski definition) is 4. The summed E-state index contributed by atoms with van der Waals surface area (Å²) in [5, 5.41) is 21.3. The summed E-state index contributed by atoms with van der Waals surface area (Å²) in [6.07, 6.45) is -0.0846. The van der Waals surface area contributed by atoms with Crippen molar-refractivity contribution in [2.45, 2.75) is 12.8 Å². The first kappa shape index (κ1) is 15.5. The average molecular weight is 288 g/mol. The van der Waals surface area contributed by atoms with Gasteiger partial charge in [-0.3, -0.25) is 19.7 Å². The molecule has 0 aromatic heterocycles. The Morgan fingerprint density at radius 1 is 1.30 bits per heavy atom. The molecule has 108 valence electrons. The molecule has 9 heteroatoms. The van der Waals surface area contributed by atoms with E-state index in [4.69, 9.17) is 5.11 Å². The molecule has 0 aliphatic heterocycles. The molecule has 0 bridgehead atoms. The average Bonchev–Trinajstić information content (AvgIpc) is 2.36. The van der Waals surface area contributed by atoms with Crippen LogP contribution in [0, 0.1) is 21.7 Å². The second kappa shape index (κ2) is 6.55. The maximum Gasteiger partial charge on any atom is 0.303 e. The van der Waals surface area contributed by atoms with Gasteiger partial charge in [-0.2, -0.15) is 0 Å². The number of benzene rings is 1. The third-order valence-electron chi connectivity index (χ3n) is 2.33. The van der Waals surface area contributed by atoms with Gasteiger partial charge >= 0.3 is 5.97 Å². The van der Waals surface area contributed by atoms with Gasteiger partial charge in [-0.05, 0) is 12.5 Å². The van der Waals surface area contributed by atoms with Crippen LogP contribution in [0.2, 0.25) is 0 Å². The van der Waals surface area contributed by atoms with E-state index < -0.39 is 39.7 Å². The number of amides is 1. The number of rotatable bonds is 6. The molecule has 0 saturated carbocycles. The Balaban J connectivity index is 2.84. The summed E-state index contributed by atoms with van der Waals surface area (Å²) in [5.41, 5.74) is -1.48. The maximum absolute atomic E-state index is 13.0. The smallest absolute Gasteiger partial charge is 0.303 e. The van der Waals surface area contributed by atoms with Crippen LogP contribution in [0.1, 0.15) is 23.2 Å².